The Balaban J connectivity index is 1.90. The number of ether oxygens (including phenoxy) is 1. The topological polar surface area (TPSA) is 87.7 Å². The lowest BCUT2D eigenvalue weighted by Crippen LogP contribution is -2.32. The quantitative estimate of drug-likeness (QED) is 0.728. The van der Waals surface area contributed by atoms with E-state index < -0.39 is 23.5 Å². The van der Waals surface area contributed by atoms with Crippen molar-refractivity contribution in [2.75, 3.05) is 5.32 Å². The molecular formula is C20H19ClN2O4. The Morgan fingerprint density at radius 2 is 1.67 bits per heavy atom. The zero-order valence-electron chi connectivity index (χ0n) is 14.8. The molecule has 3 N–H and O–H groups in total. The molecule has 0 saturated heterocycles. The SMILES string of the molecule is CC1(C)OC(NC(=O)Nc2ccccc2)=C(C(=O)O)C1c1ccc(Cl)cc1. The fraction of sp³-hybridized carbons (Fsp3) is 0.200. The van der Waals surface area contributed by atoms with Gasteiger partial charge in [-0.05, 0) is 43.7 Å². The van der Waals surface area contributed by atoms with Gasteiger partial charge in [0.25, 0.3) is 0 Å². The molecule has 6 nitrogen and oxygen atoms in total. The molecule has 2 aromatic rings. The number of urea groups is 1. The Morgan fingerprint density at radius 3 is 2.26 bits per heavy atom. The smallest absolute Gasteiger partial charge is 0.337 e. The molecule has 0 bridgehead atoms. The van der Waals surface area contributed by atoms with Crippen LogP contribution < -0.4 is 10.6 Å². The molecular weight excluding hydrogens is 368 g/mol. The third kappa shape index (κ3) is 4.06. The number of anilines is 1. The van der Waals surface area contributed by atoms with E-state index in [4.69, 9.17) is 16.3 Å². The van der Waals surface area contributed by atoms with Gasteiger partial charge in [-0.1, -0.05) is 41.9 Å². The number of halogens is 1. The summed E-state index contributed by atoms with van der Waals surface area (Å²) >= 11 is 5.94. The fourth-order valence-corrected chi connectivity index (χ4v) is 3.31. The van der Waals surface area contributed by atoms with Crippen molar-refractivity contribution in [3.05, 3.63) is 76.6 Å². The van der Waals surface area contributed by atoms with Crippen LogP contribution in [0.25, 0.3) is 0 Å². The number of hydrogen-bond donors (Lipinski definition) is 3. The Morgan fingerprint density at radius 1 is 1.04 bits per heavy atom. The second-order valence-electron chi connectivity index (χ2n) is 6.68. The van der Waals surface area contributed by atoms with E-state index in [1.807, 2.05) is 6.07 Å². The Bertz CT molecular complexity index is 892. The number of carbonyl (C=O) groups excluding carboxylic acids is 1. The first kappa shape index (κ1) is 18.8. The largest absolute Gasteiger partial charge is 0.478 e. The molecule has 1 heterocycles. The van der Waals surface area contributed by atoms with Crippen LogP contribution in [0.3, 0.4) is 0 Å². The van der Waals surface area contributed by atoms with Gasteiger partial charge < -0.3 is 15.2 Å². The molecule has 2 aromatic carbocycles. The maximum absolute atomic E-state index is 12.3. The Labute approximate surface area is 161 Å². The molecule has 2 amide bonds. The van der Waals surface area contributed by atoms with Crippen molar-refractivity contribution in [3.63, 3.8) is 0 Å². The molecule has 27 heavy (non-hydrogen) atoms. The molecule has 0 fully saturated rings. The number of carboxylic acids is 1. The van der Waals surface area contributed by atoms with Crippen LogP contribution in [0.1, 0.15) is 25.3 Å². The van der Waals surface area contributed by atoms with Crippen LogP contribution >= 0.6 is 11.6 Å². The zero-order chi connectivity index (χ0) is 19.6. The van der Waals surface area contributed by atoms with Crippen molar-refractivity contribution in [1.29, 1.82) is 0 Å². The molecule has 3 rings (SSSR count). The lowest BCUT2D eigenvalue weighted by molar-refractivity contribution is -0.133. The second kappa shape index (κ2) is 7.32. The highest BCUT2D eigenvalue weighted by Gasteiger charge is 2.47. The minimum atomic E-state index is -1.16. The number of carboxylic acid groups (broad SMARTS) is 1. The number of benzene rings is 2. The third-order valence-electron chi connectivity index (χ3n) is 4.29. The average molecular weight is 387 g/mol. The minimum Gasteiger partial charge on any atom is -0.478 e. The summed E-state index contributed by atoms with van der Waals surface area (Å²) in [5.41, 5.74) is 0.447. The predicted octanol–water partition coefficient (Wildman–Crippen LogP) is 4.35. The van der Waals surface area contributed by atoms with Crippen molar-refractivity contribution in [2.24, 2.45) is 0 Å². The first-order chi connectivity index (χ1) is 12.8. The summed E-state index contributed by atoms with van der Waals surface area (Å²) in [7, 11) is 0. The normalized spacial score (nSPS) is 18.0. The minimum absolute atomic E-state index is 0.00876. The van der Waals surface area contributed by atoms with Gasteiger partial charge in [-0.15, -0.1) is 0 Å². The van der Waals surface area contributed by atoms with Gasteiger partial charge in [0.05, 0.1) is 5.92 Å². The Hall–Kier alpha value is -2.99. The van der Waals surface area contributed by atoms with Crippen LogP contribution in [0.15, 0.2) is 66.1 Å². The number of amides is 2. The van der Waals surface area contributed by atoms with Crippen molar-refractivity contribution >= 4 is 29.3 Å². The summed E-state index contributed by atoms with van der Waals surface area (Å²) in [6.07, 6.45) is 0. The molecule has 0 spiro atoms. The highest BCUT2D eigenvalue weighted by Crippen LogP contribution is 2.45. The summed E-state index contributed by atoms with van der Waals surface area (Å²) in [5.74, 6) is -1.80. The molecule has 1 unspecified atom stereocenters. The summed E-state index contributed by atoms with van der Waals surface area (Å²) in [6, 6.07) is 15.2. The van der Waals surface area contributed by atoms with E-state index in [0.717, 1.165) is 5.56 Å². The number of carbonyl (C=O) groups is 2. The number of rotatable bonds is 4. The monoisotopic (exact) mass is 386 g/mol. The lowest BCUT2D eigenvalue weighted by atomic mass is 9.81. The standard InChI is InChI=1S/C20H19ClN2O4/c1-20(2)16(12-8-10-13(21)11-9-12)15(18(24)25)17(27-20)23-19(26)22-14-6-4-3-5-7-14/h3-11,16H,1-2H3,(H,24,25)(H2,22,23,26). The van der Waals surface area contributed by atoms with Gasteiger partial charge in [0.1, 0.15) is 11.2 Å². The molecule has 0 saturated carbocycles. The van der Waals surface area contributed by atoms with Crippen LogP contribution in [-0.4, -0.2) is 22.7 Å². The number of para-hydroxylation sites is 1. The van der Waals surface area contributed by atoms with Crippen LogP contribution in [-0.2, 0) is 9.53 Å². The maximum atomic E-state index is 12.3. The Kier molecular flexibility index (Phi) is 5.10. The summed E-state index contributed by atoms with van der Waals surface area (Å²) in [6.45, 7) is 3.55. The molecule has 1 atom stereocenters. The molecule has 140 valence electrons. The number of hydrogen-bond acceptors (Lipinski definition) is 3. The lowest BCUT2D eigenvalue weighted by Gasteiger charge is -2.27. The van der Waals surface area contributed by atoms with Crippen LogP contribution in [0, 0.1) is 0 Å². The predicted molar refractivity (Wildman–Crippen MR) is 103 cm³/mol. The average Bonchev–Trinajstić information content (AvgIpc) is 2.86. The van der Waals surface area contributed by atoms with Crippen LogP contribution in [0.5, 0.6) is 0 Å². The first-order valence-corrected chi connectivity index (χ1v) is 8.71. The number of aliphatic carboxylic acids is 1. The zero-order valence-corrected chi connectivity index (χ0v) is 15.6. The number of nitrogens with one attached hydrogen (secondary N) is 2. The van der Waals surface area contributed by atoms with Gasteiger partial charge in [-0.25, -0.2) is 9.59 Å². The van der Waals surface area contributed by atoms with E-state index >= 15 is 0 Å². The fourth-order valence-electron chi connectivity index (χ4n) is 3.18. The second-order valence-corrected chi connectivity index (χ2v) is 7.12. The van der Waals surface area contributed by atoms with Crippen LogP contribution in [0.2, 0.25) is 5.02 Å². The molecule has 0 radical (unpaired) electrons. The van der Waals surface area contributed by atoms with Crippen molar-refractivity contribution in [3.8, 4) is 0 Å². The molecule has 1 aliphatic heterocycles. The summed E-state index contributed by atoms with van der Waals surface area (Å²) < 4.78 is 5.82. The third-order valence-corrected chi connectivity index (χ3v) is 4.54. The van der Waals surface area contributed by atoms with Crippen LogP contribution in [0.4, 0.5) is 10.5 Å². The van der Waals surface area contributed by atoms with Gasteiger partial charge in [-0.3, -0.25) is 5.32 Å². The summed E-state index contributed by atoms with van der Waals surface area (Å²) in [4.78, 5) is 24.2. The van der Waals surface area contributed by atoms with Gasteiger partial charge in [0, 0.05) is 10.7 Å². The first-order valence-electron chi connectivity index (χ1n) is 8.33. The van der Waals surface area contributed by atoms with E-state index in [1.54, 1.807) is 62.4 Å². The molecule has 7 heteroatoms. The van der Waals surface area contributed by atoms with E-state index in [1.165, 1.54) is 0 Å². The highest BCUT2D eigenvalue weighted by molar-refractivity contribution is 6.30. The van der Waals surface area contributed by atoms with E-state index in [2.05, 4.69) is 10.6 Å². The molecule has 1 aliphatic rings. The van der Waals surface area contributed by atoms with Crippen molar-refractivity contribution in [1.82, 2.24) is 5.32 Å². The molecule has 0 aromatic heterocycles. The highest BCUT2D eigenvalue weighted by atomic mass is 35.5. The van der Waals surface area contributed by atoms with Gasteiger partial charge in [0.15, 0.2) is 0 Å². The van der Waals surface area contributed by atoms with Gasteiger partial charge >= 0.3 is 12.0 Å². The van der Waals surface area contributed by atoms with Gasteiger partial charge in [0.2, 0.25) is 5.88 Å². The van der Waals surface area contributed by atoms with E-state index in [9.17, 15) is 14.7 Å². The van der Waals surface area contributed by atoms with Crippen molar-refractivity contribution < 1.29 is 19.4 Å². The summed E-state index contributed by atoms with van der Waals surface area (Å²) in [5, 5.41) is 15.5. The van der Waals surface area contributed by atoms with Gasteiger partial charge in [-0.2, -0.15) is 0 Å². The molecule has 0 aliphatic carbocycles. The van der Waals surface area contributed by atoms with Crippen molar-refractivity contribution in [2.45, 2.75) is 25.4 Å². The van der Waals surface area contributed by atoms with E-state index in [0.29, 0.717) is 10.7 Å². The maximum Gasteiger partial charge on any atom is 0.337 e. The van der Waals surface area contributed by atoms with E-state index in [-0.39, 0.29) is 11.5 Å².